The molecule has 0 bridgehead atoms. The van der Waals surface area contributed by atoms with E-state index in [2.05, 4.69) is 5.16 Å². The van der Waals surface area contributed by atoms with Gasteiger partial charge in [0, 0.05) is 30.8 Å². The Balaban J connectivity index is 1.82. The van der Waals surface area contributed by atoms with Gasteiger partial charge in [0.15, 0.2) is 5.76 Å². The van der Waals surface area contributed by atoms with Crippen LogP contribution in [0.5, 0.6) is 0 Å². The van der Waals surface area contributed by atoms with E-state index in [9.17, 15) is 4.79 Å². The first kappa shape index (κ1) is 13.7. The van der Waals surface area contributed by atoms with Crippen LogP contribution in [0.2, 0.25) is 0 Å². The molecule has 2 aromatic rings. The molecule has 110 valence electrons. The summed E-state index contributed by atoms with van der Waals surface area (Å²) in [5.74, 6) is 0.397. The van der Waals surface area contributed by atoms with Crippen molar-refractivity contribution in [1.29, 1.82) is 0 Å². The van der Waals surface area contributed by atoms with Crippen LogP contribution in [0, 0.1) is 5.92 Å². The summed E-state index contributed by atoms with van der Waals surface area (Å²) in [6, 6.07) is 9.38. The summed E-state index contributed by atoms with van der Waals surface area (Å²) < 4.78 is 5.63. The van der Waals surface area contributed by atoms with Crippen molar-refractivity contribution in [2.75, 3.05) is 13.1 Å². The highest BCUT2D eigenvalue weighted by molar-refractivity contribution is 5.97. The molecule has 0 saturated carbocycles. The standard InChI is InChI=1S/C16H18N2O3/c1-2-11-10-18(8-7-13(11)17-20)16(19)15-9-12-5-3-4-6-14(12)21-15/h3-6,9,11,20H,2,7-8,10H2,1H3/b17-13+. The van der Waals surface area contributed by atoms with Gasteiger partial charge < -0.3 is 14.5 Å². The SMILES string of the molecule is CCC1CN(C(=O)c2cc3ccccc3o2)CC/C1=N\O. The van der Waals surface area contributed by atoms with Crippen LogP contribution in [0.15, 0.2) is 39.9 Å². The second-order valence-electron chi connectivity index (χ2n) is 5.35. The topological polar surface area (TPSA) is 66.0 Å². The number of nitrogens with zero attached hydrogens (tertiary/aromatic N) is 2. The van der Waals surface area contributed by atoms with Crippen molar-refractivity contribution in [3.8, 4) is 0 Å². The van der Waals surface area contributed by atoms with Crippen molar-refractivity contribution in [1.82, 2.24) is 4.90 Å². The molecule has 1 fully saturated rings. The Kier molecular flexibility index (Phi) is 3.64. The van der Waals surface area contributed by atoms with Gasteiger partial charge in [-0.15, -0.1) is 0 Å². The van der Waals surface area contributed by atoms with Gasteiger partial charge in [0.1, 0.15) is 5.58 Å². The summed E-state index contributed by atoms with van der Waals surface area (Å²) in [4.78, 5) is 14.3. The number of benzene rings is 1. The van der Waals surface area contributed by atoms with Crippen LogP contribution in [0.1, 0.15) is 30.3 Å². The van der Waals surface area contributed by atoms with Gasteiger partial charge in [-0.25, -0.2) is 0 Å². The maximum atomic E-state index is 12.6. The molecule has 5 heteroatoms. The van der Waals surface area contributed by atoms with Crippen LogP contribution < -0.4 is 0 Å². The Bertz CT molecular complexity index is 657. The fraction of sp³-hybridized carbons (Fsp3) is 0.375. The van der Waals surface area contributed by atoms with E-state index in [-0.39, 0.29) is 11.8 Å². The fourth-order valence-electron chi connectivity index (χ4n) is 2.84. The zero-order chi connectivity index (χ0) is 14.8. The molecule has 3 rings (SSSR count). The molecule has 0 spiro atoms. The average Bonchev–Trinajstić information content (AvgIpc) is 2.97. The predicted molar refractivity (Wildman–Crippen MR) is 79.7 cm³/mol. The molecular formula is C16H18N2O3. The van der Waals surface area contributed by atoms with Crippen molar-refractivity contribution in [3.63, 3.8) is 0 Å². The van der Waals surface area contributed by atoms with Crippen molar-refractivity contribution in [2.24, 2.45) is 11.1 Å². The molecule has 1 aromatic carbocycles. The fourth-order valence-corrected chi connectivity index (χ4v) is 2.84. The van der Waals surface area contributed by atoms with Crippen LogP contribution in [-0.2, 0) is 0 Å². The van der Waals surface area contributed by atoms with Gasteiger partial charge in [0.2, 0.25) is 0 Å². The van der Waals surface area contributed by atoms with E-state index in [1.807, 2.05) is 31.2 Å². The zero-order valence-electron chi connectivity index (χ0n) is 12.0. The van der Waals surface area contributed by atoms with Crippen LogP contribution in [0.25, 0.3) is 11.0 Å². The molecule has 1 amide bonds. The molecular weight excluding hydrogens is 268 g/mol. The third kappa shape index (κ3) is 2.51. The zero-order valence-corrected chi connectivity index (χ0v) is 12.0. The van der Waals surface area contributed by atoms with E-state index in [0.29, 0.717) is 25.3 Å². The maximum absolute atomic E-state index is 12.6. The van der Waals surface area contributed by atoms with E-state index in [0.717, 1.165) is 23.1 Å². The number of hydrogen-bond donors (Lipinski definition) is 1. The number of amides is 1. The Morgan fingerprint density at radius 3 is 3.00 bits per heavy atom. The molecule has 21 heavy (non-hydrogen) atoms. The first-order chi connectivity index (χ1) is 10.2. The third-order valence-electron chi connectivity index (χ3n) is 4.09. The molecule has 5 nitrogen and oxygen atoms in total. The van der Waals surface area contributed by atoms with E-state index in [4.69, 9.17) is 9.62 Å². The quantitative estimate of drug-likeness (QED) is 0.681. The van der Waals surface area contributed by atoms with E-state index in [1.54, 1.807) is 11.0 Å². The van der Waals surface area contributed by atoms with E-state index >= 15 is 0 Å². The number of rotatable bonds is 2. The molecule has 1 atom stereocenters. The van der Waals surface area contributed by atoms with Gasteiger partial charge in [-0.05, 0) is 18.6 Å². The Hall–Kier alpha value is -2.30. The summed E-state index contributed by atoms with van der Waals surface area (Å²) in [6.07, 6.45) is 1.46. The number of oxime groups is 1. The van der Waals surface area contributed by atoms with Crippen molar-refractivity contribution < 1.29 is 14.4 Å². The predicted octanol–water partition coefficient (Wildman–Crippen LogP) is 3.14. The van der Waals surface area contributed by atoms with Crippen molar-refractivity contribution in [2.45, 2.75) is 19.8 Å². The number of carbonyl (C=O) groups excluding carboxylic acids is 1. The number of furan rings is 1. The summed E-state index contributed by atoms with van der Waals surface area (Å²) in [7, 11) is 0. The molecule has 1 N–H and O–H groups in total. The van der Waals surface area contributed by atoms with Crippen molar-refractivity contribution in [3.05, 3.63) is 36.1 Å². The highest BCUT2D eigenvalue weighted by Gasteiger charge is 2.29. The van der Waals surface area contributed by atoms with E-state index < -0.39 is 0 Å². The molecule has 0 radical (unpaired) electrons. The Morgan fingerprint density at radius 1 is 1.48 bits per heavy atom. The van der Waals surface area contributed by atoms with Crippen LogP contribution in [0.3, 0.4) is 0 Å². The lowest BCUT2D eigenvalue weighted by atomic mass is 9.93. The first-order valence-electron chi connectivity index (χ1n) is 7.21. The second kappa shape index (κ2) is 5.60. The Labute approximate surface area is 122 Å². The minimum absolute atomic E-state index is 0.0957. The number of fused-ring (bicyclic) bond motifs is 1. The van der Waals surface area contributed by atoms with E-state index in [1.165, 1.54) is 0 Å². The van der Waals surface area contributed by atoms with Gasteiger partial charge in [0.05, 0.1) is 5.71 Å². The molecule has 1 aliphatic rings. The monoisotopic (exact) mass is 286 g/mol. The molecule has 1 aliphatic heterocycles. The average molecular weight is 286 g/mol. The smallest absolute Gasteiger partial charge is 0.289 e. The van der Waals surface area contributed by atoms with Gasteiger partial charge >= 0.3 is 0 Å². The highest BCUT2D eigenvalue weighted by atomic mass is 16.4. The highest BCUT2D eigenvalue weighted by Crippen LogP contribution is 2.23. The molecule has 1 unspecified atom stereocenters. The lowest BCUT2D eigenvalue weighted by Crippen LogP contribution is -2.43. The summed E-state index contributed by atoms with van der Waals surface area (Å²) in [5, 5.41) is 13.3. The first-order valence-corrected chi connectivity index (χ1v) is 7.21. The largest absolute Gasteiger partial charge is 0.451 e. The number of carbonyl (C=O) groups is 1. The summed E-state index contributed by atoms with van der Waals surface area (Å²) in [5.41, 5.74) is 1.51. The van der Waals surface area contributed by atoms with Crippen LogP contribution >= 0.6 is 0 Å². The lowest BCUT2D eigenvalue weighted by molar-refractivity contribution is 0.0699. The lowest BCUT2D eigenvalue weighted by Gasteiger charge is -2.32. The molecule has 2 heterocycles. The van der Waals surface area contributed by atoms with Crippen LogP contribution in [0.4, 0.5) is 0 Å². The number of para-hydroxylation sites is 1. The minimum Gasteiger partial charge on any atom is -0.451 e. The molecule has 1 saturated heterocycles. The van der Waals surface area contributed by atoms with Gasteiger partial charge in [0.25, 0.3) is 5.91 Å². The molecule has 1 aromatic heterocycles. The summed E-state index contributed by atoms with van der Waals surface area (Å²) in [6.45, 7) is 3.17. The number of hydrogen-bond acceptors (Lipinski definition) is 4. The van der Waals surface area contributed by atoms with Crippen molar-refractivity contribution >= 4 is 22.6 Å². The molecule has 0 aliphatic carbocycles. The number of likely N-dealkylation sites (tertiary alicyclic amines) is 1. The van der Waals surface area contributed by atoms with Crippen LogP contribution in [-0.4, -0.2) is 34.8 Å². The number of piperidine rings is 1. The maximum Gasteiger partial charge on any atom is 0.289 e. The third-order valence-corrected chi connectivity index (χ3v) is 4.09. The normalized spacial score (nSPS) is 21.1. The van der Waals surface area contributed by atoms with Gasteiger partial charge in [-0.2, -0.15) is 0 Å². The second-order valence-corrected chi connectivity index (χ2v) is 5.35. The minimum atomic E-state index is -0.0957. The summed E-state index contributed by atoms with van der Waals surface area (Å²) >= 11 is 0. The van der Waals surface area contributed by atoms with Gasteiger partial charge in [-0.1, -0.05) is 30.3 Å². The van der Waals surface area contributed by atoms with Gasteiger partial charge in [-0.3, -0.25) is 4.79 Å². The Morgan fingerprint density at radius 2 is 2.29 bits per heavy atom.